The molecule has 0 spiro atoms. The summed E-state index contributed by atoms with van der Waals surface area (Å²) in [6, 6.07) is 11.3. The molecule has 0 aliphatic carbocycles. The third-order valence-electron chi connectivity index (χ3n) is 4.79. The van der Waals surface area contributed by atoms with Crippen LogP contribution in [0.4, 0.5) is 0 Å². The van der Waals surface area contributed by atoms with E-state index in [1.54, 1.807) is 6.07 Å². The van der Waals surface area contributed by atoms with Gasteiger partial charge in [0.15, 0.2) is 0 Å². The highest BCUT2D eigenvalue weighted by molar-refractivity contribution is 5.97. The van der Waals surface area contributed by atoms with Gasteiger partial charge in [-0.05, 0) is 43.7 Å². The lowest BCUT2D eigenvalue weighted by atomic mass is 10.1. The highest BCUT2D eigenvalue weighted by Crippen LogP contribution is 2.20. The molecule has 6 nitrogen and oxygen atoms in total. The lowest BCUT2D eigenvalue weighted by molar-refractivity contribution is 0.0952. The fourth-order valence-electron chi connectivity index (χ4n) is 3.28. The molecule has 0 saturated heterocycles. The van der Waals surface area contributed by atoms with Gasteiger partial charge >= 0.3 is 0 Å². The number of hydrogen-bond donors (Lipinski definition) is 2. The van der Waals surface area contributed by atoms with Gasteiger partial charge in [0.05, 0.1) is 11.3 Å². The van der Waals surface area contributed by atoms with Gasteiger partial charge in [-0.3, -0.25) is 4.79 Å². The molecule has 0 saturated carbocycles. The number of amides is 1. The molecule has 0 bridgehead atoms. The summed E-state index contributed by atoms with van der Waals surface area (Å²) in [7, 11) is 0. The number of fused-ring (bicyclic) bond motifs is 1. The van der Waals surface area contributed by atoms with Crippen molar-refractivity contribution in [2.45, 2.75) is 20.0 Å². The minimum atomic E-state index is -0.124. The minimum Gasteiger partial charge on any atom is -0.486 e. The van der Waals surface area contributed by atoms with Gasteiger partial charge in [0.25, 0.3) is 5.91 Å². The molecule has 1 aromatic carbocycles. The van der Waals surface area contributed by atoms with E-state index in [0.29, 0.717) is 24.5 Å². The normalized spacial score (nSPS) is 14.0. The van der Waals surface area contributed by atoms with E-state index in [-0.39, 0.29) is 5.91 Å². The summed E-state index contributed by atoms with van der Waals surface area (Å²) >= 11 is 0. The molecule has 3 aromatic rings. The first-order valence-electron chi connectivity index (χ1n) is 9.52. The number of nitrogens with one attached hydrogen (secondary N) is 2. The minimum absolute atomic E-state index is 0.124. The molecule has 1 aliphatic rings. The zero-order valence-electron chi connectivity index (χ0n) is 15.9. The van der Waals surface area contributed by atoms with E-state index in [2.05, 4.69) is 21.7 Å². The van der Waals surface area contributed by atoms with Crippen molar-refractivity contribution >= 4 is 11.6 Å². The number of aryl methyl sites for hydroxylation is 1. The van der Waals surface area contributed by atoms with Crippen molar-refractivity contribution in [3.05, 3.63) is 77.3 Å². The van der Waals surface area contributed by atoms with Crippen LogP contribution in [0.15, 0.2) is 60.4 Å². The monoisotopic (exact) mass is 376 g/mol. The summed E-state index contributed by atoms with van der Waals surface area (Å²) in [6.45, 7) is 4.75. The molecule has 2 aromatic heterocycles. The van der Waals surface area contributed by atoms with Crippen LogP contribution in [-0.4, -0.2) is 34.9 Å². The Bertz CT molecular complexity index is 1020. The second kappa shape index (κ2) is 8.27. The second-order valence-electron chi connectivity index (χ2n) is 6.99. The van der Waals surface area contributed by atoms with Crippen LogP contribution in [-0.2, 0) is 6.61 Å². The van der Waals surface area contributed by atoms with Gasteiger partial charge in [-0.1, -0.05) is 29.8 Å². The third-order valence-corrected chi connectivity index (χ3v) is 4.79. The van der Waals surface area contributed by atoms with Gasteiger partial charge in [-0.15, -0.1) is 0 Å². The van der Waals surface area contributed by atoms with E-state index in [0.717, 1.165) is 30.9 Å². The Morgan fingerprint density at radius 3 is 3.00 bits per heavy atom. The largest absolute Gasteiger partial charge is 0.486 e. The molecule has 3 heterocycles. The summed E-state index contributed by atoms with van der Waals surface area (Å²) in [4.78, 5) is 17.2. The maximum Gasteiger partial charge on any atom is 0.255 e. The van der Waals surface area contributed by atoms with Crippen molar-refractivity contribution in [2.75, 3.05) is 19.6 Å². The molecule has 2 N–H and O–H groups in total. The van der Waals surface area contributed by atoms with E-state index in [4.69, 9.17) is 4.74 Å². The van der Waals surface area contributed by atoms with Crippen LogP contribution in [0.5, 0.6) is 5.75 Å². The van der Waals surface area contributed by atoms with Gasteiger partial charge in [0, 0.05) is 25.5 Å². The highest BCUT2D eigenvalue weighted by Gasteiger charge is 2.13. The second-order valence-corrected chi connectivity index (χ2v) is 6.99. The van der Waals surface area contributed by atoms with Crippen LogP contribution in [0.2, 0.25) is 0 Å². The molecular formula is C22H24N4O2. The fraction of sp³-hybridized carbons (Fsp3) is 0.273. The Morgan fingerprint density at radius 1 is 1.25 bits per heavy atom. The molecule has 0 atom stereocenters. The number of benzene rings is 1. The Kier molecular flexibility index (Phi) is 5.39. The molecule has 1 amide bonds. The Balaban J connectivity index is 1.43. The van der Waals surface area contributed by atoms with Gasteiger partial charge in [-0.25, -0.2) is 4.98 Å². The van der Waals surface area contributed by atoms with Crippen LogP contribution in [0, 0.1) is 6.92 Å². The molecule has 0 unspecified atom stereocenters. The van der Waals surface area contributed by atoms with Crippen LogP contribution < -0.4 is 15.4 Å². The molecule has 0 radical (unpaired) electrons. The number of carbonyl (C=O) groups excluding carboxylic acids is 1. The maximum atomic E-state index is 12.6. The molecule has 6 heteroatoms. The van der Waals surface area contributed by atoms with Crippen LogP contribution in [0.1, 0.15) is 28.0 Å². The standard InChI is InChI=1S/C22H24N4O2/c1-16-6-7-21-25-18(14-26(21)13-16)15-28-20-5-3-2-4-19(20)22(27)24-12-17-8-10-23-11-9-17/h2-8,13-14,23H,9-12,15H2,1H3,(H,24,27). The topological polar surface area (TPSA) is 67.7 Å². The first-order chi connectivity index (χ1) is 13.7. The zero-order chi connectivity index (χ0) is 19.3. The number of aromatic nitrogens is 2. The maximum absolute atomic E-state index is 12.6. The van der Waals surface area contributed by atoms with E-state index in [1.807, 2.05) is 54.0 Å². The molecule has 0 fully saturated rings. The molecule has 28 heavy (non-hydrogen) atoms. The number of pyridine rings is 1. The summed E-state index contributed by atoms with van der Waals surface area (Å²) in [5, 5.41) is 6.27. The number of carbonyl (C=O) groups is 1. The Morgan fingerprint density at radius 2 is 2.14 bits per heavy atom. The average molecular weight is 376 g/mol. The third kappa shape index (κ3) is 4.23. The molecular weight excluding hydrogens is 352 g/mol. The van der Waals surface area contributed by atoms with Gasteiger partial charge < -0.3 is 19.8 Å². The lowest BCUT2D eigenvalue weighted by Gasteiger charge is -2.15. The highest BCUT2D eigenvalue weighted by atomic mass is 16.5. The first-order valence-corrected chi connectivity index (χ1v) is 9.52. The fourth-order valence-corrected chi connectivity index (χ4v) is 3.28. The summed E-state index contributed by atoms with van der Waals surface area (Å²) in [6.07, 6.45) is 7.08. The number of ether oxygens (including phenoxy) is 1. The Labute approximate surface area is 164 Å². The lowest BCUT2D eigenvalue weighted by Crippen LogP contribution is -2.29. The Hall–Kier alpha value is -3.12. The van der Waals surface area contributed by atoms with Crippen LogP contribution in [0.25, 0.3) is 5.65 Å². The van der Waals surface area contributed by atoms with Crippen molar-refractivity contribution in [3.8, 4) is 5.75 Å². The number of imidazole rings is 1. The van der Waals surface area contributed by atoms with Crippen molar-refractivity contribution in [3.63, 3.8) is 0 Å². The first kappa shape index (κ1) is 18.3. The van der Waals surface area contributed by atoms with Crippen molar-refractivity contribution in [1.82, 2.24) is 20.0 Å². The van der Waals surface area contributed by atoms with Crippen LogP contribution >= 0.6 is 0 Å². The van der Waals surface area contributed by atoms with E-state index in [1.165, 1.54) is 11.1 Å². The van der Waals surface area contributed by atoms with Crippen molar-refractivity contribution < 1.29 is 9.53 Å². The molecule has 4 rings (SSSR count). The van der Waals surface area contributed by atoms with Gasteiger partial charge in [0.2, 0.25) is 0 Å². The summed E-state index contributed by atoms with van der Waals surface area (Å²) in [5.41, 5.74) is 4.66. The number of hydrogen-bond acceptors (Lipinski definition) is 4. The van der Waals surface area contributed by atoms with Gasteiger partial charge in [-0.2, -0.15) is 0 Å². The summed E-state index contributed by atoms with van der Waals surface area (Å²) in [5.74, 6) is 0.438. The van der Waals surface area contributed by atoms with E-state index >= 15 is 0 Å². The van der Waals surface area contributed by atoms with Gasteiger partial charge in [0.1, 0.15) is 18.0 Å². The SMILES string of the molecule is Cc1ccc2nc(COc3ccccc3C(=O)NCC3=CCNCC3)cn2c1. The smallest absolute Gasteiger partial charge is 0.255 e. The predicted molar refractivity (Wildman–Crippen MR) is 109 cm³/mol. The zero-order valence-corrected chi connectivity index (χ0v) is 15.9. The summed E-state index contributed by atoms with van der Waals surface area (Å²) < 4.78 is 7.92. The number of para-hydroxylation sites is 1. The number of nitrogens with zero attached hydrogens (tertiary/aromatic N) is 2. The van der Waals surface area contributed by atoms with Crippen molar-refractivity contribution in [2.24, 2.45) is 0 Å². The van der Waals surface area contributed by atoms with Crippen molar-refractivity contribution in [1.29, 1.82) is 0 Å². The van der Waals surface area contributed by atoms with E-state index < -0.39 is 0 Å². The van der Waals surface area contributed by atoms with Crippen LogP contribution in [0.3, 0.4) is 0 Å². The average Bonchev–Trinajstić information content (AvgIpc) is 3.13. The molecule has 144 valence electrons. The molecule has 1 aliphatic heterocycles. The quantitative estimate of drug-likeness (QED) is 0.649. The predicted octanol–water partition coefficient (Wildman–Crippen LogP) is 2.87. The van der Waals surface area contributed by atoms with E-state index in [9.17, 15) is 4.79 Å². The number of rotatable bonds is 6.